The first-order valence-electron chi connectivity index (χ1n) is 8.07. The number of amides is 2. The van der Waals surface area contributed by atoms with E-state index in [1.54, 1.807) is 0 Å². The molecule has 0 saturated heterocycles. The normalized spacial score (nSPS) is 15.6. The molecule has 23 heavy (non-hydrogen) atoms. The van der Waals surface area contributed by atoms with Gasteiger partial charge in [0.25, 0.3) is 11.8 Å². The first kappa shape index (κ1) is 17.8. The van der Waals surface area contributed by atoms with Crippen LogP contribution in [0, 0.1) is 19.8 Å². The van der Waals surface area contributed by atoms with E-state index >= 15 is 0 Å². The van der Waals surface area contributed by atoms with Crippen molar-refractivity contribution in [3.63, 3.8) is 0 Å². The average Bonchev–Trinajstić information content (AvgIpc) is 2.63. The molecule has 0 N–H and O–H groups in total. The molecular weight excluding hydrogens is 306 g/mol. The van der Waals surface area contributed by atoms with Crippen LogP contribution in [0.4, 0.5) is 0 Å². The molecule has 3 nitrogen and oxygen atoms in total. The van der Waals surface area contributed by atoms with Crippen LogP contribution < -0.4 is 0 Å². The number of hydrogen-bond acceptors (Lipinski definition) is 3. The maximum Gasteiger partial charge on any atom is 0.268 e. The molecule has 2 rings (SSSR count). The fourth-order valence-corrected chi connectivity index (χ4v) is 3.76. The zero-order valence-electron chi connectivity index (χ0n) is 14.8. The van der Waals surface area contributed by atoms with Crippen molar-refractivity contribution in [3.8, 4) is 0 Å². The van der Waals surface area contributed by atoms with E-state index in [0.717, 1.165) is 16.7 Å². The zero-order chi connectivity index (χ0) is 17.3. The Kier molecular flexibility index (Phi) is 5.35. The van der Waals surface area contributed by atoms with Gasteiger partial charge in [0.05, 0.1) is 10.5 Å². The minimum absolute atomic E-state index is 0.141. The van der Waals surface area contributed by atoms with Gasteiger partial charge < -0.3 is 0 Å². The third-order valence-corrected chi connectivity index (χ3v) is 4.76. The van der Waals surface area contributed by atoms with Crippen LogP contribution in [0.25, 0.3) is 5.57 Å². The Morgan fingerprint density at radius 2 is 1.70 bits per heavy atom. The number of nitrogens with zero attached hydrogens (tertiary/aromatic N) is 1. The molecular formula is C19H25NO2S. The maximum atomic E-state index is 12.9. The lowest BCUT2D eigenvalue weighted by atomic mass is 9.98. The van der Waals surface area contributed by atoms with Crippen molar-refractivity contribution >= 4 is 29.1 Å². The van der Waals surface area contributed by atoms with Gasteiger partial charge in [0.15, 0.2) is 0 Å². The smallest absolute Gasteiger partial charge is 0.268 e. The number of aryl methyl sites for hydroxylation is 2. The summed E-state index contributed by atoms with van der Waals surface area (Å²) in [7, 11) is 0. The molecule has 124 valence electrons. The van der Waals surface area contributed by atoms with Crippen LogP contribution in [0.15, 0.2) is 23.1 Å². The van der Waals surface area contributed by atoms with E-state index in [1.165, 1.54) is 16.7 Å². The van der Waals surface area contributed by atoms with E-state index < -0.39 is 0 Å². The second kappa shape index (κ2) is 6.91. The Morgan fingerprint density at radius 1 is 1.04 bits per heavy atom. The summed E-state index contributed by atoms with van der Waals surface area (Å²) in [6.45, 7) is 12.6. The lowest BCUT2D eigenvalue weighted by Crippen LogP contribution is -2.34. The molecule has 0 spiro atoms. The fraction of sp³-hybridized carbons (Fsp3) is 0.474. The highest BCUT2D eigenvalue weighted by Crippen LogP contribution is 2.39. The highest BCUT2D eigenvalue weighted by atomic mass is 32.2. The van der Waals surface area contributed by atoms with E-state index in [4.69, 9.17) is 0 Å². The van der Waals surface area contributed by atoms with Crippen molar-refractivity contribution < 1.29 is 9.59 Å². The number of carbonyl (C=O) groups is 2. The van der Waals surface area contributed by atoms with Crippen LogP contribution >= 0.6 is 11.8 Å². The molecule has 1 aliphatic heterocycles. The Bertz CT molecular complexity index is 674. The van der Waals surface area contributed by atoms with Crippen molar-refractivity contribution in [1.82, 2.24) is 4.90 Å². The molecule has 1 heterocycles. The van der Waals surface area contributed by atoms with Gasteiger partial charge >= 0.3 is 0 Å². The van der Waals surface area contributed by atoms with Gasteiger partial charge in [-0.25, -0.2) is 0 Å². The predicted molar refractivity (Wildman–Crippen MR) is 97.1 cm³/mol. The third kappa shape index (κ3) is 3.69. The summed E-state index contributed by atoms with van der Waals surface area (Å²) in [5, 5.41) is 0.251. The summed E-state index contributed by atoms with van der Waals surface area (Å²) in [5.74, 6) is -0.0390. The molecule has 1 aliphatic rings. The maximum absolute atomic E-state index is 12.9. The summed E-state index contributed by atoms with van der Waals surface area (Å²) in [5.41, 5.74) is 3.64. The molecule has 0 aliphatic carbocycles. The number of hydrogen-bond donors (Lipinski definition) is 0. The van der Waals surface area contributed by atoms with E-state index in [0.29, 0.717) is 17.0 Å². The minimum Gasteiger partial charge on any atom is -0.274 e. The van der Waals surface area contributed by atoms with E-state index in [1.807, 2.05) is 53.7 Å². The SMILES string of the molecule is Cc1ccc(C2=C(SC(C)C)C(=O)N(CC(C)C)C2=O)c(C)c1. The van der Waals surface area contributed by atoms with Gasteiger partial charge in [0.2, 0.25) is 0 Å². The van der Waals surface area contributed by atoms with E-state index in [2.05, 4.69) is 6.07 Å². The van der Waals surface area contributed by atoms with Gasteiger partial charge in [-0.05, 0) is 30.9 Å². The molecule has 0 aromatic heterocycles. The second-order valence-corrected chi connectivity index (χ2v) is 8.39. The van der Waals surface area contributed by atoms with Gasteiger partial charge in [0, 0.05) is 11.8 Å². The standard InChI is InChI=1S/C19H25NO2S/c1-11(2)10-20-18(21)16(17(19(20)22)23-12(3)4)15-8-7-13(5)9-14(15)6/h7-9,11-12H,10H2,1-6H3. The number of benzene rings is 1. The van der Waals surface area contributed by atoms with Crippen molar-refractivity contribution in [2.75, 3.05) is 6.54 Å². The van der Waals surface area contributed by atoms with Crippen molar-refractivity contribution in [3.05, 3.63) is 39.8 Å². The predicted octanol–water partition coefficient (Wildman–Crippen LogP) is 4.18. The average molecular weight is 331 g/mol. The highest BCUT2D eigenvalue weighted by molar-refractivity contribution is 8.04. The highest BCUT2D eigenvalue weighted by Gasteiger charge is 2.40. The van der Waals surface area contributed by atoms with Crippen molar-refractivity contribution in [1.29, 1.82) is 0 Å². The zero-order valence-corrected chi connectivity index (χ0v) is 15.6. The van der Waals surface area contributed by atoms with Crippen LogP contribution in [0.1, 0.15) is 44.4 Å². The Labute approximate surface area is 143 Å². The first-order valence-corrected chi connectivity index (χ1v) is 8.95. The third-order valence-electron chi connectivity index (χ3n) is 3.68. The first-order chi connectivity index (χ1) is 10.7. The molecule has 0 bridgehead atoms. The summed E-state index contributed by atoms with van der Waals surface area (Å²) in [4.78, 5) is 27.7. The minimum atomic E-state index is -0.154. The van der Waals surface area contributed by atoms with Gasteiger partial charge in [-0.2, -0.15) is 0 Å². The number of rotatable bonds is 5. The van der Waals surface area contributed by atoms with Gasteiger partial charge in [0.1, 0.15) is 0 Å². The molecule has 0 radical (unpaired) electrons. The molecule has 0 unspecified atom stereocenters. The van der Waals surface area contributed by atoms with Crippen molar-refractivity contribution in [2.24, 2.45) is 5.92 Å². The van der Waals surface area contributed by atoms with Gasteiger partial charge in [-0.3, -0.25) is 14.5 Å². The van der Waals surface area contributed by atoms with Crippen LogP contribution in [-0.2, 0) is 9.59 Å². The summed E-state index contributed by atoms with van der Waals surface area (Å²) < 4.78 is 0. The molecule has 0 saturated carbocycles. The Hall–Kier alpha value is -1.55. The molecule has 0 atom stereocenters. The summed E-state index contributed by atoms with van der Waals surface area (Å²) >= 11 is 1.49. The molecule has 4 heteroatoms. The second-order valence-electron chi connectivity index (χ2n) is 6.80. The van der Waals surface area contributed by atoms with Crippen molar-refractivity contribution in [2.45, 2.75) is 46.8 Å². The number of carbonyl (C=O) groups excluding carboxylic acids is 2. The molecule has 1 aromatic rings. The van der Waals surface area contributed by atoms with Crippen LogP contribution in [0.5, 0.6) is 0 Å². The molecule has 1 aromatic carbocycles. The number of imide groups is 1. The largest absolute Gasteiger partial charge is 0.274 e. The summed E-state index contributed by atoms with van der Waals surface area (Å²) in [6.07, 6.45) is 0. The van der Waals surface area contributed by atoms with Gasteiger partial charge in [-0.1, -0.05) is 51.5 Å². The topological polar surface area (TPSA) is 37.4 Å². The fourth-order valence-electron chi connectivity index (χ4n) is 2.76. The van der Waals surface area contributed by atoms with Crippen LogP contribution in [-0.4, -0.2) is 28.5 Å². The number of thioether (sulfide) groups is 1. The van der Waals surface area contributed by atoms with Crippen LogP contribution in [0.3, 0.4) is 0 Å². The monoisotopic (exact) mass is 331 g/mol. The lowest BCUT2D eigenvalue weighted by Gasteiger charge is -2.17. The molecule has 0 fully saturated rings. The lowest BCUT2D eigenvalue weighted by molar-refractivity contribution is -0.137. The van der Waals surface area contributed by atoms with E-state index in [9.17, 15) is 9.59 Å². The van der Waals surface area contributed by atoms with Crippen LogP contribution in [0.2, 0.25) is 0 Å². The molecule has 2 amide bonds. The Balaban J connectivity index is 2.55. The summed E-state index contributed by atoms with van der Waals surface area (Å²) in [6, 6.07) is 6.02. The quantitative estimate of drug-likeness (QED) is 0.760. The Morgan fingerprint density at radius 3 is 2.22 bits per heavy atom. The van der Waals surface area contributed by atoms with E-state index in [-0.39, 0.29) is 23.0 Å². The van der Waals surface area contributed by atoms with Gasteiger partial charge in [-0.15, -0.1) is 11.8 Å².